The number of nitrogens with zero attached hydrogens (tertiary/aromatic N) is 2. The summed E-state index contributed by atoms with van der Waals surface area (Å²) >= 11 is 1.63. The SMILES string of the molecule is COc1cccc(=O)c2c(C)n(-c3nc(-c4ccccc4)c(C)s3)c(C)c12. The van der Waals surface area contributed by atoms with Crippen LogP contribution in [0.25, 0.3) is 27.2 Å². The first-order valence-corrected chi connectivity index (χ1v) is 9.56. The number of hydrogen-bond acceptors (Lipinski definition) is 4. The van der Waals surface area contributed by atoms with Crippen LogP contribution in [0.3, 0.4) is 0 Å². The molecule has 0 unspecified atom stereocenters. The number of benzene rings is 1. The highest BCUT2D eigenvalue weighted by molar-refractivity contribution is 7.14. The average molecular weight is 376 g/mol. The van der Waals surface area contributed by atoms with E-state index in [-0.39, 0.29) is 5.43 Å². The molecule has 0 amide bonds. The highest BCUT2D eigenvalue weighted by atomic mass is 32.1. The summed E-state index contributed by atoms with van der Waals surface area (Å²) in [5.74, 6) is 0.697. The van der Waals surface area contributed by atoms with Crippen molar-refractivity contribution in [1.82, 2.24) is 9.55 Å². The third kappa shape index (κ3) is 2.75. The molecule has 0 bridgehead atoms. The topological polar surface area (TPSA) is 44.1 Å². The lowest BCUT2D eigenvalue weighted by atomic mass is 10.1. The fourth-order valence-electron chi connectivity index (χ4n) is 3.63. The van der Waals surface area contributed by atoms with Gasteiger partial charge < -0.3 is 4.74 Å². The predicted molar refractivity (Wildman–Crippen MR) is 111 cm³/mol. The summed E-state index contributed by atoms with van der Waals surface area (Å²) in [6, 6.07) is 15.3. The summed E-state index contributed by atoms with van der Waals surface area (Å²) in [4.78, 5) is 18.7. The number of aromatic nitrogens is 2. The van der Waals surface area contributed by atoms with Crippen molar-refractivity contribution in [2.45, 2.75) is 20.8 Å². The number of fused-ring (bicyclic) bond motifs is 1. The van der Waals surface area contributed by atoms with Crippen LogP contribution in [0.5, 0.6) is 5.75 Å². The molecule has 0 N–H and O–H groups in total. The Morgan fingerprint density at radius 1 is 0.926 bits per heavy atom. The molecule has 0 aliphatic heterocycles. The molecule has 27 heavy (non-hydrogen) atoms. The molecule has 2 aromatic heterocycles. The fraction of sp³-hybridized carbons (Fsp3) is 0.182. The van der Waals surface area contributed by atoms with Gasteiger partial charge in [-0.1, -0.05) is 36.4 Å². The van der Waals surface area contributed by atoms with Crippen molar-refractivity contribution in [1.29, 1.82) is 0 Å². The highest BCUT2D eigenvalue weighted by Crippen LogP contribution is 2.36. The lowest BCUT2D eigenvalue weighted by Crippen LogP contribution is -2.00. The molecule has 0 aliphatic rings. The van der Waals surface area contributed by atoms with Gasteiger partial charge in [0.25, 0.3) is 0 Å². The van der Waals surface area contributed by atoms with Crippen molar-refractivity contribution >= 4 is 22.1 Å². The van der Waals surface area contributed by atoms with E-state index in [0.29, 0.717) is 11.1 Å². The second-order valence-corrected chi connectivity index (χ2v) is 7.66. The van der Waals surface area contributed by atoms with E-state index >= 15 is 0 Å². The molecule has 0 fully saturated rings. The van der Waals surface area contributed by atoms with Crippen LogP contribution in [0.2, 0.25) is 0 Å². The standard InChI is InChI=1S/C22H20N2O2S/c1-13-19-17(25)11-8-12-18(26-4)20(19)14(2)24(13)22-23-21(15(3)27-22)16-9-6-5-7-10-16/h5-12H,1-4H3. The summed E-state index contributed by atoms with van der Waals surface area (Å²) in [7, 11) is 1.63. The zero-order valence-corrected chi connectivity index (χ0v) is 16.6. The van der Waals surface area contributed by atoms with Crippen molar-refractivity contribution in [2.24, 2.45) is 0 Å². The van der Waals surface area contributed by atoms with Crippen LogP contribution in [-0.2, 0) is 0 Å². The van der Waals surface area contributed by atoms with Crippen LogP contribution in [-0.4, -0.2) is 16.7 Å². The van der Waals surface area contributed by atoms with E-state index < -0.39 is 0 Å². The Kier molecular flexibility index (Phi) is 4.32. The van der Waals surface area contributed by atoms with Crippen molar-refractivity contribution < 1.29 is 4.74 Å². The quantitative estimate of drug-likeness (QED) is 0.503. The van der Waals surface area contributed by atoms with E-state index in [4.69, 9.17) is 9.72 Å². The number of methoxy groups -OCH3 is 1. The Hall–Kier alpha value is -2.92. The van der Waals surface area contributed by atoms with Crippen LogP contribution in [0.4, 0.5) is 0 Å². The van der Waals surface area contributed by atoms with Crippen molar-refractivity contribution in [3.8, 4) is 22.1 Å². The smallest absolute Gasteiger partial charge is 0.194 e. The molecule has 2 aromatic carbocycles. The maximum atomic E-state index is 12.7. The molecule has 0 saturated heterocycles. The van der Waals surface area contributed by atoms with Crippen LogP contribution in [0.1, 0.15) is 16.3 Å². The van der Waals surface area contributed by atoms with Crippen molar-refractivity contribution in [3.05, 3.63) is 75.0 Å². The maximum Gasteiger partial charge on any atom is 0.194 e. The molecule has 0 saturated carbocycles. The summed E-state index contributed by atoms with van der Waals surface area (Å²) in [5, 5.41) is 2.39. The molecular formula is C22H20N2O2S. The largest absolute Gasteiger partial charge is 0.496 e. The van der Waals surface area contributed by atoms with Gasteiger partial charge in [-0.3, -0.25) is 9.36 Å². The van der Waals surface area contributed by atoms with Gasteiger partial charge in [-0.05, 0) is 32.9 Å². The fourth-order valence-corrected chi connectivity index (χ4v) is 4.66. The molecule has 2 heterocycles. The first kappa shape index (κ1) is 17.5. The van der Waals surface area contributed by atoms with E-state index in [0.717, 1.165) is 38.0 Å². The van der Waals surface area contributed by atoms with Gasteiger partial charge in [-0.2, -0.15) is 0 Å². The number of ether oxygens (including phenoxy) is 1. The van der Waals surface area contributed by atoms with Crippen LogP contribution in [0, 0.1) is 20.8 Å². The van der Waals surface area contributed by atoms with Gasteiger partial charge in [0.2, 0.25) is 0 Å². The van der Waals surface area contributed by atoms with Crippen molar-refractivity contribution in [3.63, 3.8) is 0 Å². The average Bonchev–Trinajstić information content (AvgIpc) is 3.09. The molecule has 4 rings (SSSR count). The second-order valence-electron chi connectivity index (χ2n) is 6.48. The van der Waals surface area contributed by atoms with Gasteiger partial charge in [-0.15, -0.1) is 11.3 Å². The van der Waals surface area contributed by atoms with Gasteiger partial charge in [0, 0.05) is 27.2 Å². The lowest BCUT2D eigenvalue weighted by molar-refractivity contribution is 0.420. The third-order valence-corrected chi connectivity index (χ3v) is 5.83. The number of thiazole rings is 1. The predicted octanol–water partition coefficient (Wildman–Crippen LogP) is 5.05. The van der Waals surface area contributed by atoms with E-state index in [1.54, 1.807) is 30.6 Å². The molecule has 5 heteroatoms. The van der Waals surface area contributed by atoms with E-state index in [2.05, 4.69) is 23.6 Å². The molecule has 0 radical (unpaired) electrons. The highest BCUT2D eigenvalue weighted by Gasteiger charge is 2.20. The van der Waals surface area contributed by atoms with Crippen molar-refractivity contribution in [2.75, 3.05) is 7.11 Å². The molecule has 0 atom stereocenters. The van der Waals surface area contributed by atoms with E-state index in [1.165, 1.54) is 0 Å². The second kappa shape index (κ2) is 6.67. The third-order valence-electron chi connectivity index (χ3n) is 4.88. The van der Waals surface area contributed by atoms with Crippen LogP contribution < -0.4 is 10.2 Å². The van der Waals surface area contributed by atoms with Crippen LogP contribution in [0.15, 0.2) is 53.3 Å². The Bertz CT molecular complexity index is 1210. The summed E-state index contributed by atoms with van der Waals surface area (Å²) in [6.07, 6.45) is 0. The zero-order valence-electron chi connectivity index (χ0n) is 15.7. The monoisotopic (exact) mass is 376 g/mol. The minimum absolute atomic E-state index is 0.00999. The van der Waals surface area contributed by atoms with Crippen LogP contribution >= 0.6 is 11.3 Å². The van der Waals surface area contributed by atoms with Gasteiger partial charge in [0.1, 0.15) is 5.75 Å². The summed E-state index contributed by atoms with van der Waals surface area (Å²) < 4.78 is 7.62. The lowest BCUT2D eigenvalue weighted by Gasteiger charge is -2.05. The molecular weight excluding hydrogens is 356 g/mol. The molecule has 4 aromatic rings. The van der Waals surface area contributed by atoms with Gasteiger partial charge >= 0.3 is 0 Å². The zero-order chi connectivity index (χ0) is 19.1. The van der Waals surface area contributed by atoms with Gasteiger partial charge in [0.05, 0.1) is 18.2 Å². The first-order valence-electron chi connectivity index (χ1n) is 8.75. The van der Waals surface area contributed by atoms with Gasteiger partial charge in [0.15, 0.2) is 10.6 Å². The summed E-state index contributed by atoms with van der Waals surface area (Å²) in [6.45, 7) is 6.06. The Balaban J connectivity index is 2.02. The van der Waals surface area contributed by atoms with Gasteiger partial charge in [-0.25, -0.2) is 4.98 Å². The number of rotatable bonds is 3. The number of hydrogen-bond donors (Lipinski definition) is 0. The minimum atomic E-state index is -0.00999. The van der Waals surface area contributed by atoms with E-state index in [1.807, 2.05) is 38.1 Å². The summed E-state index contributed by atoms with van der Waals surface area (Å²) in [5.41, 5.74) is 3.91. The molecule has 136 valence electrons. The Morgan fingerprint density at radius 2 is 1.63 bits per heavy atom. The van der Waals surface area contributed by atoms with E-state index in [9.17, 15) is 4.79 Å². The molecule has 0 spiro atoms. The first-order chi connectivity index (χ1) is 13.0. The molecule has 4 nitrogen and oxygen atoms in total. The Morgan fingerprint density at radius 3 is 2.33 bits per heavy atom. The normalized spacial score (nSPS) is 11.1. The number of aryl methyl sites for hydroxylation is 3. The minimum Gasteiger partial charge on any atom is -0.496 e. The molecule has 0 aliphatic carbocycles. The maximum absolute atomic E-state index is 12.7. The Labute approximate surface area is 161 Å².